The van der Waals surface area contributed by atoms with Crippen LogP contribution in [0.5, 0.6) is 5.75 Å². The van der Waals surface area contributed by atoms with Crippen molar-refractivity contribution in [3.8, 4) is 5.75 Å². The van der Waals surface area contributed by atoms with Crippen LogP contribution in [0.3, 0.4) is 0 Å². The summed E-state index contributed by atoms with van der Waals surface area (Å²) in [4.78, 5) is 12.2. The summed E-state index contributed by atoms with van der Waals surface area (Å²) in [5, 5.41) is 0. The Kier molecular flexibility index (Phi) is 6.44. The van der Waals surface area contributed by atoms with Crippen molar-refractivity contribution >= 4 is 5.78 Å². The smallest absolute Gasteiger partial charge is 0.166 e. The van der Waals surface area contributed by atoms with Crippen LogP contribution in [0.25, 0.3) is 0 Å². The topological polar surface area (TPSA) is 35.5 Å². The van der Waals surface area contributed by atoms with Crippen LogP contribution < -0.4 is 4.74 Å². The number of ether oxygens (including phenoxy) is 2. The monoisotopic (exact) mass is 250 g/mol. The van der Waals surface area contributed by atoms with Crippen molar-refractivity contribution in [2.75, 3.05) is 20.3 Å². The third-order valence-corrected chi connectivity index (χ3v) is 2.96. The number of hydrogen-bond donors (Lipinski definition) is 0. The third-order valence-electron chi connectivity index (χ3n) is 2.96. The standard InChI is InChI=1S/C15H22O3/c1-4-12(2)11-14(16)13-7-5-6-8-15(13)18-10-9-17-3/h5-8,12H,4,9-11H2,1-3H3. The minimum atomic E-state index is 0.150. The van der Waals surface area contributed by atoms with E-state index in [0.29, 0.717) is 36.9 Å². The van der Waals surface area contributed by atoms with E-state index in [0.717, 1.165) is 6.42 Å². The van der Waals surface area contributed by atoms with E-state index in [1.54, 1.807) is 7.11 Å². The fraction of sp³-hybridized carbons (Fsp3) is 0.533. The Balaban J connectivity index is 2.71. The zero-order valence-electron chi connectivity index (χ0n) is 11.4. The lowest BCUT2D eigenvalue weighted by Gasteiger charge is -2.12. The molecule has 0 fully saturated rings. The summed E-state index contributed by atoms with van der Waals surface area (Å²) >= 11 is 0. The highest BCUT2D eigenvalue weighted by molar-refractivity contribution is 5.98. The Morgan fingerprint density at radius 1 is 1.28 bits per heavy atom. The van der Waals surface area contributed by atoms with Gasteiger partial charge in [0.25, 0.3) is 0 Å². The van der Waals surface area contributed by atoms with Crippen molar-refractivity contribution < 1.29 is 14.3 Å². The van der Waals surface area contributed by atoms with E-state index >= 15 is 0 Å². The molecular weight excluding hydrogens is 228 g/mol. The minimum Gasteiger partial charge on any atom is -0.490 e. The molecule has 3 nitrogen and oxygen atoms in total. The van der Waals surface area contributed by atoms with Crippen LogP contribution in [-0.4, -0.2) is 26.1 Å². The predicted octanol–water partition coefficient (Wildman–Crippen LogP) is 3.33. The highest BCUT2D eigenvalue weighted by atomic mass is 16.5. The lowest BCUT2D eigenvalue weighted by Crippen LogP contribution is -2.10. The SMILES string of the molecule is CCC(C)CC(=O)c1ccccc1OCCOC. The van der Waals surface area contributed by atoms with E-state index in [2.05, 4.69) is 13.8 Å². The summed E-state index contributed by atoms with van der Waals surface area (Å²) in [7, 11) is 1.63. The van der Waals surface area contributed by atoms with Crippen LogP contribution in [0.1, 0.15) is 37.0 Å². The second-order valence-corrected chi connectivity index (χ2v) is 4.48. The van der Waals surface area contributed by atoms with Crippen LogP contribution >= 0.6 is 0 Å². The van der Waals surface area contributed by atoms with Crippen molar-refractivity contribution in [1.29, 1.82) is 0 Å². The van der Waals surface area contributed by atoms with Crippen LogP contribution in [0.15, 0.2) is 24.3 Å². The maximum atomic E-state index is 12.2. The average molecular weight is 250 g/mol. The molecule has 1 atom stereocenters. The maximum Gasteiger partial charge on any atom is 0.166 e. The van der Waals surface area contributed by atoms with Gasteiger partial charge in [0.2, 0.25) is 0 Å². The van der Waals surface area contributed by atoms with E-state index in [-0.39, 0.29) is 5.78 Å². The molecule has 1 aromatic carbocycles. The van der Waals surface area contributed by atoms with Gasteiger partial charge in [-0.2, -0.15) is 0 Å². The zero-order chi connectivity index (χ0) is 13.4. The van der Waals surface area contributed by atoms with Crippen molar-refractivity contribution in [2.24, 2.45) is 5.92 Å². The van der Waals surface area contributed by atoms with E-state index in [4.69, 9.17) is 9.47 Å². The molecule has 0 saturated heterocycles. The van der Waals surface area contributed by atoms with Gasteiger partial charge in [-0.3, -0.25) is 4.79 Å². The second kappa shape index (κ2) is 7.88. The zero-order valence-corrected chi connectivity index (χ0v) is 11.4. The number of carbonyl (C=O) groups excluding carboxylic acids is 1. The summed E-state index contributed by atoms with van der Waals surface area (Å²) < 4.78 is 10.5. The van der Waals surface area contributed by atoms with E-state index in [9.17, 15) is 4.79 Å². The number of para-hydroxylation sites is 1. The summed E-state index contributed by atoms with van der Waals surface area (Å²) in [6.45, 7) is 5.17. The normalized spacial score (nSPS) is 12.2. The molecule has 18 heavy (non-hydrogen) atoms. The molecule has 0 aliphatic rings. The molecule has 3 heteroatoms. The van der Waals surface area contributed by atoms with Gasteiger partial charge in [-0.15, -0.1) is 0 Å². The quantitative estimate of drug-likeness (QED) is 0.524. The lowest BCUT2D eigenvalue weighted by atomic mass is 9.97. The Morgan fingerprint density at radius 2 is 2.00 bits per heavy atom. The molecule has 1 unspecified atom stereocenters. The Labute approximate surface area is 109 Å². The first kappa shape index (κ1) is 14.7. The van der Waals surface area contributed by atoms with Gasteiger partial charge in [0.1, 0.15) is 12.4 Å². The van der Waals surface area contributed by atoms with Crippen molar-refractivity contribution in [3.05, 3.63) is 29.8 Å². The van der Waals surface area contributed by atoms with Gasteiger partial charge >= 0.3 is 0 Å². The van der Waals surface area contributed by atoms with E-state index in [1.807, 2.05) is 24.3 Å². The number of benzene rings is 1. The largest absolute Gasteiger partial charge is 0.490 e. The third kappa shape index (κ3) is 4.49. The number of hydrogen-bond acceptors (Lipinski definition) is 3. The maximum absolute atomic E-state index is 12.2. The summed E-state index contributed by atoms with van der Waals surface area (Å²) in [6, 6.07) is 7.40. The summed E-state index contributed by atoms with van der Waals surface area (Å²) in [5.74, 6) is 1.21. The Hall–Kier alpha value is -1.35. The van der Waals surface area contributed by atoms with Crippen LogP contribution in [0.4, 0.5) is 0 Å². The van der Waals surface area contributed by atoms with Gasteiger partial charge < -0.3 is 9.47 Å². The first-order chi connectivity index (χ1) is 8.69. The van der Waals surface area contributed by atoms with Crippen LogP contribution in [-0.2, 0) is 4.74 Å². The Morgan fingerprint density at radius 3 is 2.67 bits per heavy atom. The van der Waals surface area contributed by atoms with Crippen molar-refractivity contribution in [1.82, 2.24) is 0 Å². The molecule has 0 aliphatic carbocycles. The molecule has 100 valence electrons. The van der Waals surface area contributed by atoms with E-state index in [1.165, 1.54) is 0 Å². The van der Waals surface area contributed by atoms with Gasteiger partial charge in [0, 0.05) is 13.5 Å². The number of Topliss-reactive ketones (excluding diaryl/α,β-unsaturated/α-hetero) is 1. The second-order valence-electron chi connectivity index (χ2n) is 4.48. The van der Waals surface area contributed by atoms with Gasteiger partial charge in [-0.1, -0.05) is 32.4 Å². The van der Waals surface area contributed by atoms with Gasteiger partial charge in [-0.25, -0.2) is 0 Å². The predicted molar refractivity (Wildman–Crippen MR) is 72.2 cm³/mol. The highest BCUT2D eigenvalue weighted by Crippen LogP contribution is 2.22. The molecule has 0 heterocycles. The highest BCUT2D eigenvalue weighted by Gasteiger charge is 2.14. The number of ketones is 1. The fourth-order valence-electron chi connectivity index (χ4n) is 1.63. The van der Waals surface area contributed by atoms with Crippen LogP contribution in [0, 0.1) is 5.92 Å². The lowest BCUT2D eigenvalue weighted by molar-refractivity contribution is 0.0956. The van der Waals surface area contributed by atoms with Gasteiger partial charge in [0.15, 0.2) is 5.78 Å². The van der Waals surface area contributed by atoms with Crippen molar-refractivity contribution in [2.45, 2.75) is 26.7 Å². The number of rotatable bonds is 8. The molecule has 0 bridgehead atoms. The molecule has 1 aromatic rings. The number of methoxy groups -OCH3 is 1. The fourth-order valence-corrected chi connectivity index (χ4v) is 1.63. The average Bonchev–Trinajstić information content (AvgIpc) is 2.39. The minimum absolute atomic E-state index is 0.150. The summed E-state index contributed by atoms with van der Waals surface area (Å²) in [5.41, 5.74) is 0.675. The van der Waals surface area contributed by atoms with Crippen molar-refractivity contribution in [3.63, 3.8) is 0 Å². The first-order valence-corrected chi connectivity index (χ1v) is 6.43. The van der Waals surface area contributed by atoms with Crippen LogP contribution in [0.2, 0.25) is 0 Å². The van der Waals surface area contributed by atoms with Gasteiger partial charge in [0.05, 0.1) is 12.2 Å². The molecule has 0 N–H and O–H groups in total. The Bertz CT molecular complexity index is 374. The molecule has 0 aromatic heterocycles. The summed E-state index contributed by atoms with van der Waals surface area (Å²) in [6.07, 6.45) is 1.58. The van der Waals surface area contributed by atoms with E-state index < -0.39 is 0 Å². The number of carbonyl (C=O) groups is 1. The molecule has 0 amide bonds. The molecule has 1 rings (SSSR count). The molecule has 0 saturated carbocycles. The molecule has 0 radical (unpaired) electrons. The molecule has 0 aliphatic heterocycles. The molecular formula is C15H22O3. The van der Waals surface area contributed by atoms with Gasteiger partial charge in [-0.05, 0) is 18.1 Å². The first-order valence-electron chi connectivity index (χ1n) is 6.43. The molecule has 0 spiro atoms.